The summed E-state index contributed by atoms with van der Waals surface area (Å²) in [7, 11) is 7.95. The third kappa shape index (κ3) is 7.81. The van der Waals surface area contributed by atoms with E-state index in [0.717, 1.165) is 51.8 Å². The predicted molar refractivity (Wildman–Crippen MR) is 144 cm³/mol. The summed E-state index contributed by atoms with van der Waals surface area (Å²) >= 11 is 0. The lowest BCUT2D eigenvalue weighted by Crippen LogP contribution is -2.55. The molecule has 10 heteroatoms. The summed E-state index contributed by atoms with van der Waals surface area (Å²) < 4.78 is 1.84. The molecule has 188 valence electrons. The van der Waals surface area contributed by atoms with Gasteiger partial charge in [0.2, 0.25) is 5.91 Å². The molecule has 0 radical (unpaired) electrons. The second-order valence-electron chi connectivity index (χ2n) is 9.86. The lowest BCUT2D eigenvalue weighted by atomic mass is 9.92. The van der Waals surface area contributed by atoms with E-state index in [4.69, 9.17) is 0 Å². The monoisotopic (exact) mass is 574 g/mol. The molecule has 9 nitrogen and oxygen atoms in total. The number of halogens is 1. The lowest BCUT2D eigenvalue weighted by Gasteiger charge is -2.39. The summed E-state index contributed by atoms with van der Waals surface area (Å²) in [5.41, 5.74) is 1.19. The molecule has 1 N–H and O–H groups in total. The first kappa shape index (κ1) is 27.8. The molecule has 3 atom stereocenters. The third-order valence-electron chi connectivity index (χ3n) is 6.65. The number of carbonyl (C=O) groups excluding carboxylic acids is 1. The maximum absolute atomic E-state index is 12.8. The zero-order chi connectivity index (χ0) is 23.3. The maximum Gasteiger partial charge on any atom is 0.236 e. The maximum atomic E-state index is 12.8. The highest BCUT2D eigenvalue weighted by atomic mass is 127. The second-order valence-corrected chi connectivity index (χ2v) is 9.86. The van der Waals surface area contributed by atoms with E-state index in [0.29, 0.717) is 18.4 Å². The number of likely N-dealkylation sites (tertiary alicyclic amines) is 1. The van der Waals surface area contributed by atoms with E-state index in [1.807, 2.05) is 25.0 Å². The minimum atomic E-state index is 0. The molecule has 3 heterocycles. The molecule has 1 aromatic heterocycles. The number of aliphatic imine (C=N–C) groups is 1. The number of guanidine groups is 1. The normalized spacial score (nSPS) is 23.4. The third-order valence-corrected chi connectivity index (χ3v) is 6.65. The first-order valence-corrected chi connectivity index (χ1v) is 11.9. The molecule has 1 aromatic rings. The Balaban J connectivity index is 0.00000385. The largest absolute Gasteiger partial charge is 0.354 e. The van der Waals surface area contributed by atoms with Gasteiger partial charge in [-0.25, -0.2) is 0 Å². The standard InChI is InChI=1S/C23H42N8O.HI/c1-18-11-19(2)15-31(14-18)22(32)17-29-7-9-30(10-8-29)23(24-3)25-13-21(27(4)5)20-12-26-28(6)16-20;/h12,16,18-19,21H,7-11,13-15,17H2,1-6H3,(H,24,25);1H. The molecule has 0 bridgehead atoms. The minimum Gasteiger partial charge on any atom is -0.354 e. The van der Waals surface area contributed by atoms with Gasteiger partial charge in [-0.3, -0.25) is 19.4 Å². The van der Waals surface area contributed by atoms with Crippen LogP contribution in [0.5, 0.6) is 0 Å². The van der Waals surface area contributed by atoms with E-state index in [9.17, 15) is 4.79 Å². The molecular formula is C23H43IN8O. The fraction of sp³-hybridized carbons (Fsp3) is 0.783. The molecule has 0 spiro atoms. The fourth-order valence-electron chi connectivity index (χ4n) is 5.01. The lowest BCUT2D eigenvalue weighted by molar-refractivity contribution is -0.135. The number of rotatable bonds is 6. The smallest absolute Gasteiger partial charge is 0.236 e. The number of piperazine rings is 1. The zero-order valence-corrected chi connectivity index (χ0v) is 23.5. The van der Waals surface area contributed by atoms with E-state index in [-0.39, 0.29) is 35.9 Å². The van der Waals surface area contributed by atoms with Gasteiger partial charge in [0.15, 0.2) is 5.96 Å². The number of likely N-dealkylation sites (N-methyl/N-ethyl adjacent to an activating group) is 1. The fourth-order valence-corrected chi connectivity index (χ4v) is 5.01. The van der Waals surface area contributed by atoms with Gasteiger partial charge in [-0.1, -0.05) is 13.8 Å². The predicted octanol–water partition coefficient (Wildman–Crippen LogP) is 1.34. The summed E-state index contributed by atoms with van der Waals surface area (Å²) in [5.74, 6) is 2.41. The summed E-state index contributed by atoms with van der Waals surface area (Å²) in [6, 6.07) is 0.216. The van der Waals surface area contributed by atoms with Crippen LogP contribution in [0.2, 0.25) is 0 Å². The second kappa shape index (κ2) is 12.9. The average Bonchev–Trinajstić information content (AvgIpc) is 3.17. The molecule has 1 amide bonds. The molecule has 2 saturated heterocycles. The molecule has 33 heavy (non-hydrogen) atoms. The van der Waals surface area contributed by atoms with Gasteiger partial charge >= 0.3 is 0 Å². The quantitative estimate of drug-likeness (QED) is 0.314. The van der Waals surface area contributed by atoms with Crippen LogP contribution in [0.3, 0.4) is 0 Å². The van der Waals surface area contributed by atoms with Crippen LogP contribution in [-0.4, -0.2) is 115 Å². The topological polar surface area (TPSA) is 72.2 Å². The Labute approximate surface area is 216 Å². The van der Waals surface area contributed by atoms with E-state index < -0.39 is 0 Å². The van der Waals surface area contributed by atoms with Crippen molar-refractivity contribution in [3.05, 3.63) is 18.0 Å². The molecule has 0 saturated carbocycles. The van der Waals surface area contributed by atoms with Crippen LogP contribution < -0.4 is 5.32 Å². The molecular weight excluding hydrogens is 531 g/mol. The Morgan fingerprint density at radius 3 is 2.33 bits per heavy atom. The van der Waals surface area contributed by atoms with Gasteiger partial charge < -0.3 is 20.0 Å². The van der Waals surface area contributed by atoms with Crippen molar-refractivity contribution in [3.8, 4) is 0 Å². The van der Waals surface area contributed by atoms with Gasteiger partial charge in [0.25, 0.3) is 0 Å². The van der Waals surface area contributed by atoms with E-state index >= 15 is 0 Å². The number of hydrogen-bond acceptors (Lipinski definition) is 5. The number of amides is 1. The van der Waals surface area contributed by atoms with E-state index in [1.165, 1.54) is 12.0 Å². The summed E-state index contributed by atoms with van der Waals surface area (Å²) in [6.07, 6.45) is 5.22. The van der Waals surface area contributed by atoms with Gasteiger partial charge in [-0.15, -0.1) is 24.0 Å². The van der Waals surface area contributed by atoms with Crippen molar-refractivity contribution >= 4 is 35.8 Å². The van der Waals surface area contributed by atoms with Crippen molar-refractivity contribution in [3.63, 3.8) is 0 Å². The highest BCUT2D eigenvalue weighted by molar-refractivity contribution is 14.0. The number of nitrogens with one attached hydrogen (secondary N) is 1. The Bertz CT molecular complexity index is 764. The first-order chi connectivity index (χ1) is 15.3. The van der Waals surface area contributed by atoms with Gasteiger partial charge in [-0.05, 0) is 32.4 Å². The van der Waals surface area contributed by atoms with Gasteiger partial charge in [0.1, 0.15) is 0 Å². The van der Waals surface area contributed by atoms with Gasteiger partial charge in [0, 0.05) is 71.7 Å². The minimum absolute atomic E-state index is 0. The molecule has 3 unspecified atom stereocenters. The van der Waals surface area contributed by atoms with Gasteiger partial charge in [-0.2, -0.15) is 5.10 Å². The molecule has 2 aliphatic heterocycles. The molecule has 0 aromatic carbocycles. The Kier molecular flexibility index (Phi) is 10.9. The molecule has 2 aliphatic rings. The van der Waals surface area contributed by atoms with Crippen molar-refractivity contribution in [2.75, 3.05) is 73.5 Å². The summed E-state index contributed by atoms with van der Waals surface area (Å²) in [4.78, 5) is 26.2. The Hall–Kier alpha value is -1.40. The summed E-state index contributed by atoms with van der Waals surface area (Å²) in [6.45, 7) is 11.1. The van der Waals surface area contributed by atoms with Crippen molar-refractivity contribution in [1.29, 1.82) is 0 Å². The average molecular weight is 575 g/mol. The molecule has 2 fully saturated rings. The van der Waals surface area contributed by atoms with Crippen molar-refractivity contribution in [1.82, 2.24) is 34.7 Å². The van der Waals surface area contributed by atoms with Crippen LogP contribution in [0.1, 0.15) is 31.9 Å². The molecule has 3 rings (SSSR count). The number of piperidine rings is 1. The van der Waals surface area contributed by atoms with Crippen molar-refractivity contribution in [2.24, 2.45) is 23.9 Å². The van der Waals surface area contributed by atoms with Crippen LogP contribution in [0.4, 0.5) is 0 Å². The number of aryl methyl sites for hydroxylation is 1. The van der Waals surface area contributed by atoms with Gasteiger partial charge in [0.05, 0.1) is 18.8 Å². The SMILES string of the molecule is CN=C(NCC(c1cnn(C)c1)N(C)C)N1CCN(CC(=O)N2CC(C)CC(C)C2)CC1.I. The Morgan fingerprint density at radius 1 is 1.18 bits per heavy atom. The number of carbonyl (C=O) groups is 1. The zero-order valence-electron chi connectivity index (χ0n) is 21.2. The van der Waals surface area contributed by atoms with Crippen molar-refractivity contribution < 1.29 is 4.79 Å². The van der Waals surface area contributed by atoms with Crippen LogP contribution >= 0.6 is 24.0 Å². The van der Waals surface area contributed by atoms with E-state index in [2.05, 4.69) is 69.1 Å². The Morgan fingerprint density at radius 2 is 1.82 bits per heavy atom. The van der Waals surface area contributed by atoms with Crippen LogP contribution in [0.25, 0.3) is 0 Å². The van der Waals surface area contributed by atoms with Crippen LogP contribution in [-0.2, 0) is 11.8 Å². The number of nitrogens with zero attached hydrogens (tertiary/aromatic N) is 7. The molecule has 0 aliphatic carbocycles. The number of aromatic nitrogens is 2. The first-order valence-electron chi connectivity index (χ1n) is 11.9. The summed E-state index contributed by atoms with van der Waals surface area (Å²) in [5, 5.41) is 7.86. The van der Waals surface area contributed by atoms with Crippen molar-refractivity contribution in [2.45, 2.75) is 26.3 Å². The highest BCUT2D eigenvalue weighted by Crippen LogP contribution is 2.21. The highest BCUT2D eigenvalue weighted by Gasteiger charge is 2.28. The van der Waals surface area contributed by atoms with Crippen LogP contribution in [0.15, 0.2) is 17.4 Å². The van der Waals surface area contributed by atoms with E-state index in [1.54, 1.807) is 0 Å². The van der Waals surface area contributed by atoms with Crippen LogP contribution in [0, 0.1) is 11.8 Å². The number of hydrogen-bond donors (Lipinski definition) is 1.